The van der Waals surface area contributed by atoms with Crippen LogP contribution in [0.25, 0.3) is 10.9 Å². The molecule has 36 heavy (non-hydrogen) atoms. The van der Waals surface area contributed by atoms with Crippen LogP contribution in [-0.4, -0.2) is 40.5 Å². The van der Waals surface area contributed by atoms with Gasteiger partial charge in [0.25, 0.3) is 5.91 Å². The summed E-state index contributed by atoms with van der Waals surface area (Å²) in [6.45, 7) is 3.62. The summed E-state index contributed by atoms with van der Waals surface area (Å²) >= 11 is 0. The Kier molecular flexibility index (Phi) is 6.40. The number of alkyl halides is 3. The fourth-order valence-corrected chi connectivity index (χ4v) is 4.63. The van der Waals surface area contributed by atoms with Gasteiger partial charge in [-0.2, -0.15) is 13.2 Å². The summed E-state index contributed by atoms with van der Waals surface area (Å²) in [5.41, 5.74) is 9.44. The van der Waals surface area contributed by atoms with Crippen LogP contribution in [-0.2, 0) is 28.8 Å². The van der Waals surface area contributed by atoms with Crippen molar-refractivity contribution >= 4 is 22.6 Å². The van der Waals surface area contributed by atoms with Gasteiger partial charge >= 0.3 is 6.18 Å². The van der Waals surface area contributed by atoms with E-state index in [1.807, 2.05) is 13.0 Å². The molecule has 2 aromatic heterocycles. The van der Waals surface area contributed by atoms with E-state index in [0.29, 0.717) is 42.4 Å². The molecule has 0 aliphatic carbocycles. The first kappa shape index (κ1) is 24.2. The summed E-state index contributed by atoms with van der Waals surface area (Å²) in [6, 6.07) is 7.49. The van der Waals surface area contributed by atoms with Crippen LogP contribution in [0.4, 0.5) is 19.0 Å². The summed E-state index contributed by atoms with van der Waals surface area (Å²) in [5.74, 6) is 0.142. The minimum absolute atomic E-state index is 0.0462. The van der Waals surface area contributed by atoms with Gasteiger partial charge in [-0.25, -0.2) is 4.98 Å². The topological polar surface area (TPSA) is 90.6 Å². The van der Waals surface area contributed by atoms with E-state index in [1.165, 1.54) is 6.07 Å². The van der Waals surface area contributed by atoms with E-state index < -0.39 is 11.7 Å². The average Bonchev–Trinajstić information content (AvgIpc) is 3.26. The number of nitrogen functional groups attached to an aromatic ring is 1. The minimum Gasteiger partial charge on any atom is -0.383 e. The standard InChI is InChI=1S/C26H25F3N4O3/c1-15-23-21(14-36-15)20-9-17(4-7-22(20)32-24(23)30)25(34)33(11-16-3-2-8-35-13-16)12-19-6-5-18(10-31-19)26(27,28)29/h3-7,9-10,15H,2,8,11-14H2,1H3,(H2,30,32)/t15-/m1/s1. The van der Waals surface area contributed by atoms with Crippen molar-refractivity contribution in [3.8, 4) is 0 Å². The van der Waals surface area contributed by atoms with Gasteiger partial charge in [-0.1, -0.05) is 6.08 Å². The second kappa shape index (κ2) is 9.51. The predicted octanol–water partition coefficient (Wildman–Crippen LogP) is 4.81. The molecule has 0 saturated carbocycles. The quantitative estimate of drug-likeness (QED) is 0.508. The van der Waals surface area contributed by atoms with Gasteiger partial charge in [-0.05, 0) is 54.8 Å². The summed E-state index contributed by atoms with van der Waals surface area (Å²) in [7, 11) is 0. The van der Waals surface area contributed by atoms with Crippen molar-refractivity contribution in [1.29, 1.82) is 0 Å². The van der Waals surface area contributed by atoms with Crippen LogP contribution in [0, 0.1) is 0 Å². The summed E-state index contributed by atoms with van der Waals surface area (Å²) in [6.07, 6.45) is -1.10. The van der Waals surface area contributed by atoms with E-state index in [2.05, 4.69) is 9.97 Å². The molecule has 0 fully saturated rings. The smallest absolute Gasteiger partial charge is 0.383 e. The molecule has 5 rings (SSSR count). The van der Waals surface area contributed by atoms with Crippen molar-refractivity contribution in [1.82, 2.24) is 14.9 Å². The van der Waals surface area contributed by atoms with Crippen LogP contribution in [0.15, 0.2) is 48.2 Å². The lowest BCUT2D eigenvalue weighted by atomic mass is 10.00. The van der Waals surface area contributed by atoms with Crippen molar-refractivity contribution in [2.75, 3.05) is 25.5 Å². The fourth-order valence-electron chi connectivity index (χ4n) is 4.63. The lowest BCUT2D eigenvalue weighted by molar-refractivity contribution is -0.137. The van der Waals surface area contributed by atoms with Gasteiger partial charge in [-0.3, -0.25) is 9.78 Å². The van der Waals surface area contributed by atoms with Gasteiger partial charge in [0.15, 0.2) is 0 Å². The summed E-state index contributed by atoms with van der Waals surface area (Å²) < 4.78 is 50.2. The minimum atomic E-state index is -4.48. The maximum atomic E-state index is 13.7. The molecule has 7 nitrogen and oxygen atoms in total. The van der Waals surface area contributed by atoms with Gasteiger partial charge in [0.2, 0.25) is 0 Å². The van der Waals surface area contributed by atoms with Crippen molar-refractivity contribution in [3.05, 3.63) is 76.1 Å². The number of nitrogens with two attached hydrogens (primary N) is 1. The number of aromatic nitrogens is 2. The number of halogens is 3. The Bertz CT molecular complexity index is 1340. The third kappa shape index (κ3) is 4.78. The highest BCUT2D eigenvalue weighted by Crippen LogP contribution is 2.38. The highest BCUT2D eigenvalue weighted by atomic mass is 19.4. The molecular weight excluding hydrogens is 473 g/mol. The number of pyridine rings is 2. The zero-order chi connectivity index (χ0) is 25.4. The van der Waals surface area contributed by atoms with Gasteiger partial charge in [0.05, 0.1) is 49.2 Å². The number of hydrogen-bond donors (Lipinski definition) is 1. The molecule has 3 aromatic rings. The van der Waals surface area contributed by atoms with E-state index in [4.69, 9.17) is 15.2 Å². The molecule has 1 atom stereocenters. The largest absolute Gasteiger partial charge is 0.417 e. The maximum Gasteiger partial charge on any atom is 0.417 e. The van der Waals surface area contributed by atoms with Gasteiger partial charge in [0.1, 0.15) is 5.82 Å². The van der Waals surface area contributed by atoms with Crippen molar-refractivity contribution in [3.63, 3.8) is 0 Å². The number of carbonyl (C=O) groups is 1. The zero-order valence-corrected chi connectivity index (χ0v) is 19.6. The van der Waals surface area contributed by atoms with Crippen molar-refractivity contribution in [2.45, 2.75) is 38.8 Å². The Morgan fingerprint density at radius 3 is 2.72 bits per heavy atom. The molecule has 0 radical (unpaired) electrons. The van der Waals surface area contributed by atoms with Crippen LogP contribution in [0.1, 0.15) is 52.2 Å². The molecule has 4 heterocycles. The van der Waals surface area contributed by atoms with Gasteiger partial charge in [0, 0.05) is 29.3 Å². The second-order valence-corrected chi connectivity index (χ2v) is 8.98. The lowest BCUT2D eigenvalue weighted by Gasteiger charge is -2.26. The predicted molar refractivity (Wildman–Crippen MR) is 127 cm³/mol. The SMILES string of the molecule is C[C@H]1OCc2c1c(N)nc1ccc(C(=O)N(CC3=CCCOC3)Cc3ccc(C(F)(F)F)cn3)cc21. The third-order valence-electron chi connectivity index (χ3n) is 6.46. The summed E-state index contributed by atoms with van der Waals surface area (Å²) in [4.78, 5) is 23.7. The summed E-state index contributed by atoms with van der Waals surface area (Å²) in [5, 5.41) is 0.794. The van der Waals surface area contributed by atoms with Crippen LogP contribution in [0.2, 0.25) is 0 Å². The Labute approximate surface area is 205 Å². The molecule has 188 valence electrons. The number of fused-ring (bicyclic) bond motifs is 3. The van der Waals surface area contributed by atoms with E-state index in [-0.39, 0.29) is 25.1 Å². The van der Waals surface area contributed by atoms with Gasteiger partial charge < -0.3 is 20.1 Å². The maximum absolute atomic E-state index is 13.7. The Hall–Kier alpha value is -3.50. The van der Waals surface area contributed by atoms with Crippen LogP contribution in [0.3, 0.4) is 0 Å². The van der Waals surface area contributed by atoms with Gasteiger partial charge in [-0.15, -0.1) is 0 Å². The van der Waals surface area contributed by atoms with Crippen LogP contribution in [0.5, 0.6) is 0 Å². The molecule has 0 bridgehead atoms. The van der Waals surface area contributed by atoms with Crippen molar-refractivity contribution in [2.24, 2.45) is 0 Å². The molecule has 0 saturated heterocycles. The average molecular weight is 499 g/mol. The second-order valence-electron chi connectivity index (χ2n) is 8.98. The Morgan fingerprint density at radius 1 is 1.19 bits per heavy atom. The molecule has 0 spiro atoms. The molecule has 0 unspecified atom stereocenters. The monoisotopic (exact) mass is 498 g/mol. The molecule has 1 amide bonds. The Morgan fingerprint density at radius 2 is 2.03 bits per heavy atom. The molecule has 2 aliphatic heterocycles. The lowest BCUT2D eigenvalue weighted by Crippen LogP contribution is -2.34. The van der Waals surface area contributed by atoms with E-state index in [9.17, 15) is 18.0 Å². The molecular formula is C26H25F3N4O3. The normalized spacial score (nSPS) is 17.7. The number of benzene rings is 1. The number of anilines is 1. The number of rotatable bonds is 5. The fraction of sp³-hybridized carbons (Fsp3) is 0.346. The number of carbonyl (C=O) groups excluding carboxylic acids is 1. The first-order valence-electron chi connectivity index (χ1n) is 11.6. The first-order valence-corrected chi connectivity index (χ1v) is 11.6. The third-order valence-corrected chi connectivity index (χ3v) is 6.46. The first-order chi connectivity index (χ1) is 17.2. The highest BCUT2D eigenvalue weighted by Gasteiger charge is 2.31. The zero-order valence-electron chi connectivity index (χ0n) is 19.6. The molecule has 2 aliphatic rings. The van der Waals surface area contributed by atoms with E-state index >= 15 is 0 Å². The number of nitrogens with zero attached hydrogens (tertiary/aromatic N) is 3. The number of amides is 1. The molecule has 2 N–H and O–H groups in total. The van der Waals surface area contributed by atoms with E-state index in [1.54, 1.807) is 23.1 Å². The van der Waals surface area contributed by atoms with Crippen LogP contribution < -0.4 is 5.73 Å². The molecule has 1 aromatic carbocycles. The number of hydrogen-bond acceptors (Lipinski definition) is 6. The van der Waals surface area contributed by atoms with E-state index in [0.717, 1.165) is 40.8 Å². The Balaban J connectivity index is 1.48. The highest BCUT2D eigenvalue weighted by molar-refractivity contribution is 5.99. The van der Waals surface area contributed by atoms with Crippen molar-refractivity contribution < 1.29 is 27.4 Å². The van der Waals surface area contributed by atoms with Crippen LogP contribution >= 0.6 is 0 Å². The molecule has 10 heteroatoms. The number of ether oxygens (including phenoxy) is 2.